The van der Waals surface area contributed by atoms with Crippen molar-refractivity contribution in [3.05, 3.63) is 16.2 Å². The van der Waals surface area contributed by atoms with E-state index in [9.17, 15) is 22.2 Å². The van der Waals surface area contributed by atoms with Gasteiger partial charge in [0.1, 0.15) is 0 Å². The molecule has 0 saturated carbocycles. The lowest BCUT2D eigenvalue weighted by molar-refractivity contribution is -0.148. The number of aromatic nitrogens is 3. The Kier molecular flexibility index (Phi) is 3.93. The zero-order valence-electron chi connectivity index (χ0n) is 9.97. The van der Waals surface area contributed by atoms with E-state index in [1.54, 1.807) is 0 Å². The van der Waals surface area contributed by atoms with Gasteiger partial charge in [0.2, 0.25) is 5.82 Å². The average molecular weight is 327 g/mol. The summed E-state index contributed by atoms with van der Waals surface area (Å²) in [5, 5.41) is 8.78. The molecule has 0 aliphatic heterocycles. The van der Waals surface area contributed by atoms with Crippen molar-refractivity contribution in [1.82, 2.24) is 14.5 Å². The number of thiazole rings is 1. The van der Waals surface area contributed by atoms with E-state index in [0.717, 1.165) is 0 Å². The number of rotatable bonds is 3. The van der Waals surface area contributed by atoms with Crippen LogP contribution in [0.25, 0.3) is 10.3 Å². The maximum absolute atomic E-state index is 12.9. The minimum Gasteiger partial charge on any atom is -0.395 e. The highest BCUT2D eigenvalue weighted by atomic mass is 32.2. The molecule has 11 heteroatoms. The van der Waals surface area contributed by atoms with Crippen molar-refractivity contribution < 1.29 is 22.5 Å². The number of nitrogens with zero attached hydrogens (tertiary/aromatic N) is 3. The molecule has 110 valence electrons. The van der Waals surface area contributed by atoms with Crippen LogP contribution in [-0.2, 0) is 23.5 Å². The number of hydrogen-bond acceptors (Lipinski definition) is 6. The Morgan fingerprint density at radius 3 is 2.55 bits per heavy atom. The molecule has 2 aromatic rings. The molecule has 0 fully saturated rings. The summed E-state index contributed by atoms with van der Waals surface area (Å²) in [6, 6.07) is 0. The van der Waals surface area contributed by atoms with Gasteiger partial charge < -0.3 is 5.11 Å². The molecule has 0 amide bonds. The fraction of sp³-hybridized carbons (Fsp3) is 0.444. The number of halogens is 3. The Labute approximate surface area is 116 Å². The minimum atomic E-state index is -4.84. The molecular formula is C9H8F3N3O3S2. The van der Waals surface area contributed by atoms with E-state index in [0.29, 0.717) is 15.9 Å². The maximum atomic E-state index is 12.9. The van der Waals surface area contributed by atoms with Gasteiger partial charge in [0.05, 0.1) is 24.0 Å². The van der Waals surface area contributed by atoms with Gasteiger partial charge in [-0.2, -0.15) is 13.2 Å². The zero-order valence-corrected chi connectivity index (χ0v) is 11.6. The summed E-state index contributed by atoms with van der Waals surface area (Å²) in [5.41, 5.74) is -1.29. The van der Waals surface area contributed by atoms with E-state index < -0.39 is 41.5 Å². The van der Waals surface area contributed by atoms with Crippen molar-refractivity contribution in [2.24, 2.45) is 0 Å². The molecule has 2 heterocycles. The average Bonchev–Trinajstić information content (AvgIpc) is 2.75. The van der Waals surface area contributed by atoms with Gasteiger partial charge in [-0.3, -0.25) is 13.6 Å². The molecule has 20 heavy (non-hydrogen) atoms. The van der Waals surface area contributed by atoms with Crippen molar-refractivity contribution in [1.29, 1.82) is 0 Å². The molecule has 0 radical (unpaired) electrons. The quantitative estimate of drug-likeness (QED) is 0.892. The molecule has 6 nitrogen and oxygen atoms in total. The van der Waals surface area contributed by atoms with Crippen LogP contribution in [0.1, 0.15) is 5.82 Å². The van der Waals surface area contributed by atoms with Gasteiger partial charge in [-0.25, -0.2) is 9.97 Å². The summed E-state index contributed by atoms with van der Waals surface area (Å²) in [5.74, 6) is -1.40. The third-order valence-electron chi connectivity index (χ3n) is 2.32. The Morgan fingerprint density at radius 2 is 2.05 bits per heavy atom. The lowest BCUT2D eigenvalue weighted by Crippen LogP contribution is -2.31. The summed E-state index contributed by atoms with van der Waals surface area (Å²) < 4.78 is 50.2. The fourth-order valence-corrected chi connectivity index (χ4v) is 3.13. The molecule has 2 rings (SSSR count). The molecule has 2 aromatic heterocycles. The smallest absolute Gasteiger partial charge is 0.395 e. The lowest BCUT2D eigenvalue weighted by atomic mass is 10.4. The summed E-state index contributed by atoms with van der Waals surface area (Å²) >= 11 is 0.678. The van der Waals surface area contributed by atoms with E-state index in [-0.39, 0.29) is 14.7 Å². The summed E-state index contributed by atoms with van der Waals surface area (Å²) in [6.07, 6.45) is -3.54. The molecule has 1 atom stereocenters. The second-order valence-electron chi connectivity index (χ2n) is 3.70. The topological polar surface area (TPSA) is 85.1 Å². The predicted molar refractivity (Wildman–Crippen MR) is 66.1 cm³/mol. The van der Waals surface area contributed by atoms with Crippen LogP contribution >= 0.6 is 11.3 Å². The highest BCUT2D eigenvalue weighted by molar-refractivity contribution is 7.86. The van der Waals surface area contributed by atoms with Crippen LogP contribution in [0.5, 0.6) is 0 Å². The summed E-state index contributed by atoms with van der Waals surface area (Å²) in [7, 11) is -1.52. The van der Waals surface area contributed by atoms with Crippen LogP contribution in [0.3, 0.4) is 0 Å². The third kappa shape index (κ3) is 2.60. The zero-order chi connectivity index (χ0) is 15.1. The second-order valence-corrected chi connectivity index (χ2v) is 6.23. The molecule has 0 spiro atoms. The van der Waals surface area contributed by atoms with E-state index >= 15 is 0 Å². The van der Waals surface area contributed by atoms with Crippen molar-refractivity contribution in [3.63, 3.8) is 0 Å². The second kappa shape index (κ2) is 5.22. The van der Waals surface area contributed by atoms with E-state index in [1.807, 2.05) is 0 Å². The van der Waals surface area contributed by atoms with E-state index in [2.05, 4.69) is 9.97 Å². The maximum Gasteiger partial charge on any atom is 0.449 e. The highest BCUT2D eigenvalue weighted by Crippen LogP contribution is 2.29. The van der Waals surface area contributed by atoms with Crippen LogP contribution in [-0.4, -0.2) is 36.7 Å². The summed E-state index contributed by atoms with van der Waals surface area (Å²) in [6.45, 7) is -1.19. The van der Waals surface area contributed by atoms with Crippen molar-refractivity contribution >= 4 is 32.5 Å². The number of aliphatic hydroxyl groups is 1. The lowest BCUT2D eigenvalue weighted by Gasteiger charge is -2.12. The van der Waals surface area contributed by atoms with Gasteiger partial charge in [-0.15, -0.1) is 0 Å². The van der Waals surface area contributed by atoms with Crippen LogP contribution in [0.4, 0.5) is 13.2 Å². The first kappa shape index (κ1) is 15.1. The molecule has 0 saturated heterocycles. The van der Waals surface area contributed by atoms with E-state index in [4.69, 9.17) is 5.11 Å². The Bertz CT molecular complexity index is 738. The Morgan fingerprint density at radius 1 is 1.40 bits per heavy atom. The van der Waals surface area contributed by atoms with Gasteiger partial charge >= 0.3 is 6.18 Å². The van der Waals surface area contributed by atoms with Gasteiger partial charge in [0, 0.05) is 6.26 Å². The Balaban J connectivity index is 2.82. The van der Waals surface area contributed by atoms with Crippen LogP contribution < -0.4 is 5.56 Å². The molecule has 0 aliphatic rings. The first-order chi connectivity index (χ1) is 9.25. The summed E-state index contributed by atoms with van der Waals surface area (Å²) in [4.78, 5) is 18.9. The molecule has 1 unspecified atom stereocenters. The highest BCUT2D eigenvalue weighted by Gasteiger charge is 2.37. The van der Waals surface area contributed by atoms with Crippen molar-refractivity contribution in [2.75, 3.05) is 12.9 Å². The molecular weight excluding hydrogens is 319 g/mol. The van der Waals surface area contributed by atoms with Crippen molar-refractivity contribution in [3.8, 4) is 0 Å². The fourth-order valence-electron chi connectivity index (χ4n) is 1.54. The predicted octanol–water partition coefficient (Wildman–Crippen LogP) is 0.602. The third-order valence-corrected chi connectivity index (χ3v) is 4.60. The molecule has 0 aliphatic carbocycles. The monoisotopic (exact) mass is 327 g/mol. The van der Waals surface area contributed by atoms with Gasteiger partial charge in [0.25, 0.3) is 5.56 Å². The number of fused-ring (bicyclic) bond motifs is 1. The number of hydrogen-bond donors (Lipinski definition) is 1. The largest absolute Gasteiger partial charge is 0.449 e. The standard InChI is InChI=1S/C9H8F3N3O3S2/c1-20(18)8-13-4-5(19-8)14-7(9(10,11)12)15(2-3-16)6(4)17/h16H,2-3H2,1H3. The number of alkyl halides is 3. The van der Waals surface area contributed by atoms with Crippen LogP contribution in [0, 0.1) is 0 Å². The first-order valence-corrected chi connectivity index (χ1v) is 7.56. The van der Waals surface area contributed by atoms with E-state index in [1.165, 1.54) is 6.26 Å². The molecule has 1 N–H and O–H groups in total. The SMILES string of the molecule is CS(=O)c1nc2c(=O)n(CCO)c(C(F)(F)F)nc2s1. The minimum absolute atomic E-state index is 0.0273. The van der Waals surface area contributed by atoms with Gasteiger partial charge in [-0.05, 0) is 0 Å². The van der Waals surface area contributed by atoms with Crippen LogP contribution in [0.2, 0.25) is 0 Å². The first-order valence-electron chi connectivity index (χ1n) is 5.18. The molecule has 0 aromatic carbocycles. The van der Waals surface area contributed by atoms with Gasteiger partial charge in [-0.1, -0.05) is 11.3 Å². The molecule has 0 bridgehead atoms. The van der Waals surface area contributed by atoms with Crippen molar-refractivity contribution in [2.45, 2.75) is 17.1 Å². The number of aliphatic hydroxyl groups excluding tert-OH is 1. The van der Waals surface area contributed by atoms with Gasteiger partial charge in [0.15, 0.2) is 14.7 Å². The van der Waals surface area contributed by atoms with Crippen LogP contribution in [0.15, 0.2) is 9.13 Å². The Hall–Kier alpha value is -1.33. The normalized spacial score (nSPS) is 13.8.